The summed E-state index contributed by atoms with van der Waals surface area (Å²) in [5.41, 5.74) is -2.23. The summed E-state index contributed by atoms with van der Waals surface area (Å²) >= 11 is 0. The fourth-order valence-electron chi connectivity index (χ4n) is 6.58. The summed E-state index contributed by atoms with van der Waals surface area (Å²) in [5, 5.41) is 0. The molecule has 13 heteroatoms. The topological polar surface area (TPSA) is 159 Å². The van der Waals surface area contributed by atoms with Gasteiger partial charge in [0, 0.05) is 6.42 Å². The molecular weight excluding hydrogens is 580 g/mol. The molecule has 248 valence electrons. The second-order valence-electron chi connectivity index (χ2n) is 14.1. The van der Waals surface area contributed by atoms with Gasteiger partial charge in [0.1, 0.15) is 37.6 Å². The van der Waals surface area contributed by atoms with Gasteiger partial charge in [-0.1, -0.05) is 13.8 Å². The molecule has 0 aromatic heterocycles. The van der Waals surface area contributed by atoms with Crippen LogP contribution in [0.5, 0.6) is 0 Å². The summed E-state index contributed by atoms with van der Waals surface area (Å²) in [6.07, 6.45) is 2.95. The Hall–Kier alpha value is -3.25. The van der Waals surface area contributed by atoms with Gasteiger partial charge in [-0.3, -0.25) is 9.59 Å². The maximum atomic E-state index is 12.8. The van der Waals surface area contributed by atoms with Crippen molar-refractivity contribution in [3.8, 4) is 0 Å². The van der Waals surface area contributed by atoms with Gasteiger partial charge in [-0.25, -0.2) is 14.4 Å². The van der Waals surface area contributed by atoms with Crippen LogP contribution in [0.4, 0.5) is 14.4 Å². The molecule has 2 aliphatic heterocycles. The fraction of sp³-hybridized carbons (Fsp3) is 0.839. The number of cyclic esters (lactones) is 4. The second-order valence-corrected chi connectivity index (χ2v) is 14.1. The predicted molar refractivity (Wildman–Crippen MR) is 150 cm³/mol. The van der Waals surface area contributed by atoms with E-state index in [4.69, 9.17) is 28.4 Å². The van der Waals surface area contributed by atoms with E-state index in [1.54, 1.807) is 0 Å². The molecule has 0 amide bonds. The van der Waals surface area contributed by atoms with E-state index < -0.39 is 52.7 Å². The van der Waals surface area contributed by atoms with Gasteiger partial charge in [-0.15, -0.1) is 0 Å². The highest BCUT2D eigenvalue weighted by Gasteiger charge is 2.62. The normalized spacial score (nSPS) is 31.9. The largest absolute Gasteiger partial charge is 0.508 e. The van der Waals surface area contributed by atoms with Crippen molar-refractivity contribution in [1.82, 2.24) is 0 Å². The van der Waals surface area contributed by atoms with Crippen LogP contribution in [0.15, 0.2) is 0 Å². The van der Waals surface area contributed by atoms with Crippen molar-refractivity contribution in [2.45, 2.75) is 116 Å². The fourth-order valence-corrected chi connectivity index (χ4v) is 6.58. The van der Waals surface area contributed by atoms with E-state index >= 15 is 0 Å². The van der Waals surface area contributed by atoms with Crippen LogP contribution in [0.3, 0.4) is 0 Å². The highest BCUT2D eigenvalue weighted by atomic mass is 16.8. The molecule has 0 radical (unpaired) electrons. The lowest BCUT2D eigenvalue weighted by molar-refractivity contribution is -0.228. The molecule has 2 heterocycles. The summed E-state index contributed by atoms with van der Waals surface area (Å²) < 4.78 is 41.0. The summed E-state index contributed by atoms with van der Waals surface area (Å²) in [5.74, 6) is 0.298. The molecule has 44 heavy (non-hydrogen) atoms. The molecule has 13 nitrogen and oxygen atoms in total. The van der Waals surface area contributed by atoms with Crippen LogP contribution in [0.25, 0.3) is 0 Å². The predicted octanol–water partition coefficient (Wildman–Crippen LogP) is 5.25. The van der Waals surface area contributed by atoms with E-state index in [1.165, 1.54) is 0 Å². The summed E-state index contributed by atoms with van der Waals surface area (Å²) in [6, 6.07) is 0. The molecule has 0 aromatic carbocycles. The van der Waals surface area contributed by atoms with E-state index in [0.717, 1.165) is 32.1 Å². The molecule has 4 unspecified atom stereocenters. The maximum Gasteiger partial charge on any atom is 0.508 e. The lowest BCUT2D eigenvalue weighted by Gasteiger charge is -2.60. The number of hydrogen-bond acceptors (Lipinski definition) is 13. The van der Waals surface area contributed by atoms with Crippen LogP contribution in [0.2, 0.25) is 0 Å². The minimum Gasteiger partial charge on any atom is -0.461 e. The van der Waals surface area contributed by atoms with Crippen LogP contribution in [-0.4, -0.2) is 80.2 Å². The third-order valence-electron chi connectivity index (χ3n) is 9.52. The van der Waals surface area contributed by atoms with Crippen molar-refractivity contribution in [2.24, 2.45) is 22.7 Å². The van der Waals surface area contributed by atoms with Gasteiger partial charge in [0.2, 0.25) is 0 Å². The Labute approximate surface area is 257 Å². The third kappa shape index (κ3) is 8.06. The summed E-state index contributed by atoms with van der Waals surface area (Å²) in [4.78, 5) is 58.2. The molecule has 4 atom stereocenters. The lowest BCUT2D eigenvalue weighted by atomic mass is 9.52. The zero-order valence-electron chi connectivity index (χ0n) is 26.6. The highest BCUT2D eigenvalue weighted by Crippen LogP contribution is 2.60. The number of ether oxygens (including phenoxy) is 8. The number of rotatable bonds is 10. The van der Waals surface area contributed by atoms with E-state index in [2.05, 4.69) is 9.47 Å². The Kier molecular flexibility index (Phi) is 9.94. The molecule has 4 aliphatic carbocycles. The Bertz CT molecular complexity index is 1100. The van der Waals surface area contributed by atoms with E-state index in [9.17, 15) is 24.0 Å². The molecule has 2 saturated heterocycles. The first kappa shape index (κ1) is 33.6. The van der Waals surface area contributed by atoms with Gasteiger partial charge < -0.3 is 37.9 Å². The maximum absolute atomic E-state index is 12.8. The second kappa shape index (κ2) is 13.0. The lowest BCUT2D eigenvalue weighted by Crippen LogP contribution is -2.62. The first-order chi connectivity index (χ1) is 20.6. The van der Waals surface area contributed by atoms with Crippen LogP contribution in [-0.2, 0) is 47.5 Å². The molecule has 6 rings (SSSR count). The number of hydrogen-bond donors (Lipinski definition) is 0. The van der Waals surface area contributed by atoms with Crippen molar-refractivity contribution in [1.29, 1.82) is 0 Å². The van der Waals surface area contributed by atoms with Crippen LogP contribution in [0.1, 0.15) is 92.9 Å². The Balaban J connectivity index is 0.000000249. The molecule has 0 aromatic rings. The van der Waals surface area contributed by atoms with Crippen LogP contribution >= 0.6 is 0 Å². The van der Waals surface area contributed by atoms with Crippen molar-refractivity contribution in [2.75, 3.05) is 26.4 Å². The van der Waals surface area contributed by atoms with Crippen LogP contribution in [0, 0.1) is 22.7 Å². The standard InChI is InChI=1S/C21H30O8.C10H16O5/c1-4-19(2,3)16(22)28-20-6-13-5-14(7-20)9-21(8-13,12-20)29-18(24)26-11-15-10-25-17(23)27-15;1-4-10(2,3)8(11)13-5-7-6-14-9(12)15-7/h13-15H,4-12H2,1-3H3;7H,4-6H2,1-3H3. The summed E-state index contributed by atoms with van der Waals surface area (Å²) in [6.45, 7) is 11.5. The number of carbonyl (C=O) groups excluding carboxylic acids is 5. The monoisotopic (exact) mass is 626 g/mol. The Morgan fingerprint density at radius 3 is 1.64 bits per heavy atom. The minimum atomic E-state index is -0.773. The summed E-state index contributed by atoms with van der Waals surface area (Å²) in [7, 11) is 0. The quantitative estimate of drug-likeness (QED) is 0.229. The SMILES string of the molecule is CCC(C)(C)C(=O)OC12CC3CC(CC(OC(=O)OCC4COC(=O)O4)(C3)C1)C2.CCC(C)(C)C(=O)OCC1COC(=O)O1. The average molecular weight is 627 g/mol. The zero-order chi connectivity index (χ0) is 32.3. The minimum absolute atomic E-state index is 0.0632. The van der Waals surface area contributed by atoms with Gasteiger partial charge in [0.25, 0.3) is 0 Å². The van der Waals surface area contributed by atoms with E-state index in [-0.39, 0.29) is 38.4 Å². The molecule has 4 saturated carbocycles. The number of esters is 2. The molecule has 0 N–H and O–H groups in total. The van der Waals surface area contributed by atoms with Crippen molar-refractivity contribution in [3.05, 3.63) is 0 Å². The van der Waals surface area contributed by atoms with Gasteiger partial charge in [-0.05, 0) is 84.5 Å². The van der Waals surface area contributed by atoms with Crippen molar-refractivity contribution >= 4 is 30.4 Å². The molecular formula is C31H46O13. The first-order valence-corrected chi connectivity index (χ1v) is 15.5. The highest BCUT2D eigenvalue weighted by molar-refractivity contribution is 5.76. The van der Waals surface area contributed by atoms with Crippen molar-refractivity contribution in [3.63, 3.8) is 0 Å². The van der Waals surface area contributed by atoms with Crippen LogP contribution < -0.4 is 0 Å². The average Bonchev–Trinajstić information content (AvgIpc) is 3.56. The Morgan fingerprint density at radius 2 is 1.18 bits per heavy atom. The van der Waals surface area contributed by atoms with Gasteiger partial charge in [0.15, 0.2) is 12.2 Å². The van der Waals surface area contributed by atoms with Gasteiger partial charge >= 0.3 is 30.4 Å². The molecule has 6 fully saturated rings. The molecule has 6 aliphatic rings. The molecule has 0 spiro atoms. The first-order valence-electron chi connectivity index (χ1n) is 15.5. The van der Waals surface area contributed by atoms with Crippen molar-refractivity contribution < 1.29 is 61.9 Å². The van der Waals surface area contributed by atoms with Gasteiger partial charge in [-0.2, -0.15) is 0 Å². The van der Waals surface area contributed by atoms with E-state index in [0.29, 0.717) is 31.1 Å². The zero-order valence-corrected chi connectivity index (χ0v) is 26.6. The number of carbonyl (C=O) groups is 5. The smallest absolute Gasteiger partial charge is 0.461 e. The third-order valence-corrected chi connectivity index (χ3v) is 9.52. The molecule has 4 bridgehead atoms. The Morgan fingerprint density at radius 1 is 0.727 bits per heavy atom. The van der Waals surface area contributed by atoms with E-state index in [1.807, 2.05) is 41.5 Å². The van der Waals surface area contributed by atoms with Gasteiger partial charge in [0.05, 0.1) is 10.8 Å².